The van der Waals surface area contributed by atoms with Crippen molar-refractivity contribution in [1.82, 2.24) is 0 Å². The van der Waals surface area contributed by atoms with Crippen molar-refractivity contribution in [2.75, 3.05) is 0 Å². The van der Waals surface area contributed by atoms with E-state index in [0.717, 1.165) is 0 Å². The number of rotatable bonds is 1. The minimum Gasteiger partial charge on any atom is -0.547 e. The van der Waals surface area contributed by atoms with Gasteiger partial charge in [-0.2, -0.15) is 0 Å². The Morgan fingerprint density at radius 3 is 2.08 bits per heavy atom. The van der Waals surface area contributed by atoms with E-state index in [2.05, 4.69) is 4.74 Å². The number of hydrogen-bond donors (Lipinski definition) is 4. The standard InChI is InChI=1S/C6H10O7/c7-1-2(8)4(5(10)11)13-6(12)3(1)9/h1-4,6-9,12H,(H,10,11)/p-1/t1-,2+,3+,4-,6+/m1/s1. The fourth-order valence-electron chi connectivity index (χ4n) is 1.06. The summed E-state index contributed by atoms with van der Waals surface area (Å²) in [5.41, 5.74) is 0. The molecule has 0 aromatic heterocycles. The van der Waals surface area contributed by atoms with E-state index in [1.165, 1.54) is 0 Å². The van der Waals surface area contributed by atoms with Crippen molar-refractivity contribution < 1.29 is 35.1 Å². The molecule has 1 heterocycles. The van der Waals surface area contributed by atoms with Crippen molar-refractivity contribution in [3.63, 3.8) is 0 Å². The smallest absolute Gasteiger partial charge is 0.184 e. The van der Waals surface area contributed by atoms with Crippen molar-refractivity contribution in [2.24, 2.45) is 0 Å². The SMILES string of the molecule is O=C([O-])[C@@H]1O[C@H](O)[C@@H](O)[C@H](O)[C@@H]1O. The molecule has 4 N–H and O–H groups in total. The molecule has 0 unspecified atom stereocenters. The maximum atomic E-state index is 10.3. The number of carbonyl (C=O) groups excluding carboxylic acids is 1. The summed E-state index contributed by atoms with van der Waals surface area (Å²) in [4.78, 5) is 10.3. The van der Waals surface area contributed by atoms with Gasteiger partial charge in [-0.05, 0) is 0 Å². The van der Waals surface area contributed by atoms with Crippen LogP contribution >= 0.6 is 0 Å². The van der Waals surface area contributed by atoms with Crippen LogP contribution in [-0.2, 0) is 9.53 Å². The molecule has 1 fully saturated rings. The third-order valence-corrected chi connectivity index (χ3v) is 1.82. The summed E-state index contributed by atoms with van der Waals surface area (Å²) in [5.74, 6) is -1.77. The molecule has 0 saturated carbocycles. The van der Waals surface area contributed by atoms with E-state index in [-0.39, 0.29) is 0 Å². The zero-order valence-corrected chi connectivity index (χ0v) is 6.40. The van der Waals surface area contributed by atoms with Crippen molar-refractivity contribution in [1.29, 1.82) is 0 Å². The second-order valence-electron chi connectivity index (χ2n) is 2.74. The molecule has 7 nitrogen and oxygen atoms in total. The van der Waals surface area contributed by atoms with E-state index in [0.29, 0.717) is 0 Å². The molecule has 0 radical (unpaired) electrons. The Hall–Kier alpha value is -0.730. The second-order valence-corrected chi connectivity index (χ2v) is 2.74. The van der Waals surface area contributed by atoms with Crippen LogP contribution in [0.15, 0.2) is 0 Å². The number of ether oxygens (including phenoxy) is 1. The summed E-state index contributed by atoms with van der Waals surface area (Å²) in [7, 11) is 0. The lowest BCUT2D eigenvalue weighted by atomic mass is 9.99. The minimum atomic E-state index is -1.85. The lowest BCUT2D eigenvalue weighted by molar-refractivity contribution is -0.345. The second kappa shape index (κ2) is 3.56. The number of aliphatic hydroxyl groups is 4. The molecule has 1 saturated heterocycles. The quantitative estimate of drug-likeness (QED) is 0.330. The van der Waals surface area contributed by atoms with E-state index in [4.69, 9.17) is 20.4 Å². The lowest BCUT2D eigenvalue weighted by Crippen LogP contribution is -2.62. The fourth-order valence-corrected chi connectivity index (χ4v) is 1.06. The maximum absolute atomic E-state index is 10.3. The Balaban J connectivity index is 2.76. The average molecular weight is 193 g/mol. The van der Waals surface area contributed by atoms with E-state index < -0.39 is 36.7 Å². The van der Waals surface area contributed by atoms with Crippen molar-refractivity contribution in [2.45, 2.75) is 30.7 Å². The van der Waals surface area contributed by atoms with Crippen LogP contribution < -0.4 is 5.11 Å². The summed E-state index contributed by atoms with van der Waals surface area (Å²) >= 11 is 0. The van der Waals surface area contributed by atoms with Gasteiger partial charge in [0.15, 0.2) is 6.29 Å². The van der Waals surface area contributed by atoms with Gasteiger partial charge >= 0.3 is 0 Å². The monoisotopic (exact) mass is 193 g/mol. The number of aliphatic hydroxyl groups excluding tert-OH is 4. The third-order valence-electron chi connectivity index (χ3n) is 1.82. The van der Waals surface area contributed by atoms with Crippen molar-refractivity contribution in [3.8, 4) is 0 Å². The maximum Gasteiger partial charge on any atom is 0.184 e. The number of carboxylic acid groups (broad SMARTS) is 1. The number of carbonyl (C=O) groups is 1. The first kappa shape index (κ1) is 10.4. The first-order chi connectivity index (χ1) is 5.95. The molecule has 7 heteroatoms. The van der Waals surface area contributed by atoms with Crippen LogP contribution in [0.25, 0.3) is 0 Å². The van der Waals surface area contributed by atoms with Crippen molar-refractivity contribution >= 4 is 5.97 Å². The highest BCUT2D eigenvalue weighted by Crippen LogP contribution is 2.19. The predicted octanol–water partition coefficient (Wildman–Crippen LogP) is -4.46. The van der Waals surface area contributed by atoms with Gasteiger partial charge in [0.1, 0.15) is 24.4 Å². The Kier molecular flexibility index (Phi) is 2.84. The van der Waals surface area contributed by atoms with Gasteiger partial charge in [-0.25, -0.2) is 0 Å². The molecular formula is C6H9O7-. The number of aliphatic carboxylic acids is 1. The number of carboxylic acids is 1. The minimum absolute atomic E-state index is 1.73. The van der Waals surface area contributed by atoms with E-state index >= 15 is 0 Å². The van der Waals surface area contributed by atoms with Crippen LogP contribution in [0.5, 0.6) is 0 Å². The van der Waals surface area contributed by atoms with Gasteiger partial charge in [0.2, 0.25) is 0 Å². The average Bonchev–Trinajstić information content (AvgIpc) is 2.07. The van der Waals surface area contributed by atoms with Crippen LogP contribution in [0.3, 0.4) is 0 Å². The van der Waals surface area contributed by atoms with Gasteiger partial charge in [-0.15, -0.1) is 0 Å². The molecule has 1 aliphatic rings. The summed E-state index contributed by atoms with van der Waals surface area (Å²) in [6.45, 7) is 0. The summed E-state index contributed by atoms with van der Waals surface area (Å²) in [5, 5.41) is 46.1. The van der Waals surface area contributed by atoms with Crippen LogP contribution in [0.2, 0.25) is 0 Å². The topological polar surface area (TPSA) is 130 Å². The number of hydrogen-bond acceptors (Lipinski definition) is 7. The van der Waals surface area contributed by atoms with Gasteiger partial charge in [0, 0.05) is 0 Å². The highest BCUT2D eigenvalue weighted by atomic mass is 16.6. The first-order valence-corrected chi connectivity index (χ1v) is 3.53. The Bertz CT molecular complexity index is 205. The van der Waals surface area contributed by atoms with Gasteiger partial charge in [-0.1, -0.05) is 0 Å². The highest BCUT2D eigenvalue weighted by molar-refractivity contribution is 5.71. The van der Waals surface area contributed by atoms with Gasteiger partial charge in [0.05, 0.1) is 5.97 Å². The third kappa shape index (κ3) is 1.79. The van der Waals surface area contributed by atoms with Crippen LogP contribution in [-0.4, -0.2) is 57.1 Å². The zero-order valence-electron chi connectivity index (χ0n) is 6.40. The molecule has 76 valence electrons. The van der Waals surface area contributed by atoms with Gasteiger partial charge < -0.3 is 35.1 Å². The van der Waals surface area contributed by atoms with Crippen molar-refractivity contribution in [3.05, 3.63) is 0 Å². The molecule has 0 aromatic carbocycles. The normalized spacial score (nSPS) is 46.0. The summed E-state index contributed by atoms with van der Waals surface area (Å²) in [6.07, 6.45) is -9.00. The molecule has 0 spiro atoms. The molecule has 0 bridgehead atoms. The zero-order chi connectivity index (χ0) is 10.2. The molecule has 1 aliphatic heterocycles. The first-order valence-electron chi connectivity index (χ1n) is 3.53. The highest BCUT2D eigenvalue weighted by Gasteiger charge is 2.43. The summed E-state index contributed by atoms with van der Waals surface area (Å²) < 4.78 is 4.28. The molecule has 13 heavy (non-hydrogen) atoms. The molecule has 0 amide bonds. The van der Waals surface area contributed by atoms with Crippen LogP contribution in [0.4, 0.5) is 0 Å². The van der Waals surface area contributed by atoms with E-state index in [9.17, 15) is 9.90 Å². The molecule has 0 aromatic rings. The Morgan fingerprint density at radius 2 is 1.62 bits per heavy atom. The molecule has 0 aliphatic carbocycles. The molecule has 1 rings (SSSR count). The van der Waals surface area contributed by atoms with E-state index in [1.807, 2.05) is 0 Å². The van der Waals surface area contributed by atoms with Gasteiger partial charge in [-0.3, -0.25) is 0 Å². The largest absolute Gasteiger partial charge is 0.547 e. The van der Waals surface area contributed by atoms with Crippen LogP contribution in [0, 0.1) is 0 Å². The summed E-state index contributed by atoms with van der Waals surface area (Å²) in [6, 6.07) is 0. The fraction of sp³-hybridized carbons (Fsp3) is 0.833. The Labute approximate surface area is 72.8 Å². The Morgan fingerprint density at radius 1 is 1.08 bits per heavy atom. The van der Waals surface area contributed by atoms with Gasteiger partial charge in [0.25, 0.3) is 0 Å². The lowest BCUT2D eigenvalue weighted by Gasteiger charge is -2.38. The predicted molar refractivity (Wildman–Crippen MR) is 33.9 cm³/mol. The van der Waals surface area contributed by atoms with Crippen LogP contribution in [0.1, 0.15) is 0 Å². The molecule has 5 atom stereocenters. The van der Waals surface area contributed by atoms with E-state index in [1.54, 1.807) is 0 Å². The molecular weight excluding hydrogens is 184 g/mol.